The van der Waals surface area contributed by atoms with Crippen LogP contribution in [0.15, 0.2) is 29.8 Å². The maximum atomic E-state index is 13.6. The molecule has 6 atom stereocenters. The third kappa shape index (κ3) is 4.14. The number of allylic oxidation sites excluding steroid dienone is 2. The van der Waals surface area contributed by atoms with Crippen LogP contribution in [0.1, 0.15) is 37.2 Å². The molecule has 2 aliphatic heterocycles. The normalized spacial score (nSPS) is 29.6. The van der Waals surface area contributed by atoms with E-state index in [0.29, 0.717) is 11.1 Å². The molecule has 4 aliphatic rings. The second-order valence-corrected chi connectivity index (χ2v) is 10.4. The number of aromatic hydroxyl groups is 1. The van der Waals surface area contributed by atoms with Crippen LogP contribution in [-0.4, -0.2) is 80.9 Å². The summed E-state index contributed by atoms with van der Waals surface area (Å²) < 4.78 is 5.27. The number of carboxylic acids is 2. The third-order valence-corrected chi connectivity index (χ3v) is 8.51. The molecule has 2 heterocycles. The van der Waals surface area contributed by atoms with Gasteiger partial charge in [-0.15, -0.1) is 0 Å². The molecule has 1 aromatic carbocycles. The van der Waals surface area contributed by atoms with Gasteiger partial charge in [0.05, 0.1) is 43.6 Å². The minimum atomic E-state index is -1.16. The highest BCUT2D eigenvalue weighted by Crippen LogP contribution is 2.59. The topological polar surface area (TPSA) is 179 Å². The van der Waals surface area contributed by atoms with Gasteiger partial charge in [0.2, 0.25) is 23.6 Å². The van der Waals surface area contributed by atoms with Crippen LogP contribution in [0.2, 0.25) is 0 Å². The van der Waals surface area contributed by atoms with Crippen molar-refractivity contribution < 1.29 is 48.8 Å². The third-order valence-electron chi connectivity index (χ3n) is 8.51. The number of carbonyl (C=O) groups excluding carboxylic acids is 4. The number of fused-ring (bicyclic) bond motifs is 4. The predicted octanol–water partition coefficient (Wildman–Crippen LogP) is 0.986. The summed E-state index contributed by atoms with van der Waals surface area (Å²) in [5, 5.41) is 29.3. The molecule has 12 heteroatoms. The fourth-order valence-electron chi connectivity index (χ4n) is 6.88. The number of rotatable bonds is 8. The maximum Gasteiger partial charge on any atom is 0.305 e. The number of amides is 4. The van der Waals surface area contributed by atoms with Crippen LogP contribution in [0.5, 0.6) is 11.5 Å². The minimum absolute atomic E-state index is 0.0961. The Labute approximate surface area is 222 Å². The molecule has 0 radical (unpaired) electrons. The summed E-state index contributed by atoms with van der Waals surface area (Å²) in [7, 11) is 1.38. The van der Waals surface area contributed by atoms with E-state index in [0.717, 1.165) is 9.80 Å². The van der Waals surface area contributed by atoms with Crippen LogP contribution < -0.4 is 4.74 Å². The smallest absolute Gasteiger partial charge is 0.305 e. The standard InChI is InChI=1S/C27H28N2O10/c1-39-17-4-2-3-13(23(17)34)20-12-5-6-14-21(26(37)28(24(14)35)9-7-18(30)31)15(12)11-16-22(20)27(38)29(25(16)36)10-8-19(32)33/h2-5,14-16,20-22,34H,6-11H2,1H3,(H,30,31)(H,32,33)/t14-,15+,16+,20+,21-,22+/m0/s1. The van der Waals surface area contributed by atoms with Gasteiger partial charge in [-0.1, -0.05) is 23.8 Å². The molecule has 0 spiro atoms. The summed E-state index contributed by atoms with van der Waals surface area (Å²) in [6.45, 7) is -0.554. The number of ether oxygens (including phenoxy) is 1. The first-order valence-corrected chi connectivity index (χ1v) is 12.8. The number of phenolic OH excluding ortho intramolecular Hbond substituents is 1. The van der Waals surface area contributed by atoms with Crippen molar-refractivity contribution in [2.45, 2.75) is 31.6 Å². The van der Waals surface area contributed by atoms with Crippen molar-refractivity contribution in [3.8, 4) is 11.5 Å². The molecule has 2 saturated heterocycles. The summed E-state index contributed by atoms with van der Waals surface area (Å²) in [6, 6.07) is 4.80. The summed E-state index contributed by atoms with van der Waals surface area (Å²) in [5.74, 6) is -9.21. The molecule has 0 unspecified atom stereocenters. The molecule has 1 aromatic rings. The number of methoxy groups -OCH3 is 1. The number of likely N-dealkylation sites (tertiary alicyclic amines) is 2. The van der Waals surface area contributed by atoms with Gasteiger partial charge in [0.1, 0.15) is 0 Å². The minimum Gasteiger partial charge on any atom is -0.504 e. The summed E-state index contributed by atoms with van der Waals surface area (Å²) in [5.41, 5.74) is 0.989. The first-order chi connectivity index (χ1) is 18.6. The molecule has 3 fully saturated rings. The summed E-state index contributed by atoms with van der Waals surface area (Å²) in [6.07, 6.45) is 1.27. The largest absolute Gasteiger partial charge is 0.504 e. The predicted molar refractivity (Wildman–Crippen MR) is 130 cm³/mol. The van der Waals surface area contributed by atoms with E-state index in [1.54, 1.807) is 24.3 Å². The Morgan fingerprint density at radius 1 is 0.872 bits per heavy atom. The molecule has 2 aliphatic carbocycles. The number of aliphatic carboxylic acids is 2. The van der Waals surface area contributed by atoms with Crippen LogP contribution in [0, 0.1) is 29.6 Å². The molecule has 3 N–H and O–H groups in total. The van der Waals surface area contributed by atoms with Crippen LogP contribution in [-0.2, 0) is 28.8 Å². The first kappa shape index (κ1) is 26.4. The fraction of sp³-hybridized carbons (Fsp3) is 0.481. The fourth-order valence-corrected chi connectivity index (χ4v) is 6.88. The zero-order chi connectivity index (χ0) is 28.2. The Balaban J connectivity index is 1.59. The molecule has 5 rings (SSSR count). The van der Waals surface area contributed by atoms with Gasteiger partial charge in [0, 0.05) is 24.6 Å². The van der Waals surface area contributed by atoms with Gasteiger partial charge in [0.15, 0.2) is 11.5 Å². The molecule has 0 aromatic heterocycles. The number of imide groups is 2. The number of phenols is 1. The van der Waals surface area contributed by atoms with Gasteiger partial charge < -0.3 is 20.1 Å². The van der Waals surface area contributed by atoms with Gasteiger partial charge in [0.25, 0.3) is 0 Å². The van der Waals surface area contributed by atoms with E-state index in [4.69, 9.17) is 14.9 Å². The zero-order valence-electron chi connectivity index (χ0n) is 21.1. The van der Waals surface area contributed by atoms with E-state index in [2.05, 4.69) is 0 Å². The Morgan fingerprint density at radius 3 is 2.05 bits per heavy atom. The molecular formula is C27H28N2O10. The van der Waals surface area contributed by atoms with Crippen molar-refractivity contribution in [1.29, 1.82) is 0 Å². The molecular weight excluding hydrogens is 512 g/mol. The SMILES string of the molecule is COc1cccc([C@H]2C3=CC[C@@H]4C(=O)N(CCC(=O)O)C(=O)[C@@H]4[C@@H]3C[C@H]3C(=O)N(CCC(=O)O)C(=O)[C@@H]23)c1O. The van der Waals surface area contributed by atoms with Crippen molar-refractivity contribution in [2.24, 2.45) is 29.6 Å². The lowest BCUT2D eigenvalue weighted by Crippen LogP contribution is -2.43. The number of para-hydroxylation sites is 1. The van der Waals surface area contributed by atoms with Crippen molar-refractivity contribution >= 4 is 35.6 Å². The van der Waals surface area contributed by atoms with E-state index in [-0.39, 0.29) is 37.4 Å². The average Bonchev–Trinajstić information content (AvgIpc) is 3.28. The van der Waals surface area contributed by atoms with Gasteiger partial charge in [-0.2, -0.15) is 0 Å². The van der Waals surface area contributed by atoms with E-state index >= 15 is 0 Å². The summed E-state index contributed by atoms with van der Waals surface area (Å²) >= 11 is 0. The number of nitrogens with zero attached hydrogens (tertiary/aromatic N) is 2. The average molecular weight is 541 g/mol. The van der Waals surface area contributed by atoms with Crippen LogP contribution >= 0.6 is 0 Å². The molecule has 4 amide bonds. The summed E-state index contributed by atoms with van der Waals surface area (Å²) in [4.78, 5) is 77.9. The van der Waals surface area contributed by atoms with Crippen molar-refractivity contribution in [3.63, 3.8) is 0 Å². The molecule has 0 bridgehead atoms. The number of benzene rings is 1. The van der Waals surface area contributed by atoms with Crippen molar-refractivity contribution in [1.82, 2.24) is 9.80 Å². The maximum absolute atomic E-state index is 13.6. The zero-order valence-corrected chi connectivity index (χ0v) is 21.1. The second-order valence-electron chi connectivity index (χ2n) is 10.4. The molecule has 12 nitrogen and oxygen atoms in total. The number of carboxylic acid groups (broad SMARTS) is 2. The Morgan fingerprint density at radius 2 is 1.46 bits per heavy atom. The van der Waals surface area contributed by atoms with Crippen LogP contribution in [0.3, 0.4) is 0 Å². The second kappa shape index (κ2) is 9.83. The van der Waals surface area contributed by atoms with E-state index in [1.807, 2.05) is 0 Å². The van der Waals surface area contributed by atoms with Gasteiger partial charge in [-0.3, -0.25) is 38.6 Å². The highest BCUT2D eigenvalue weighted by Gasteiger charge is 2.62. The molecule has 206 valence electrons. The highest BCUT2D eigenvalue weighted by molar-refractivity contribution is 6.08. The Kier molecular flexibility index (Phi) is 6.65. The highest BCUT2D eigenvalue weighted by atomic mass is 16.5. The van der Waals surface area contributed by atoms with Gasteiger partial charge in [-0.25, -0.2) is 0 Å². The lowest BCUT2D eigenvalue weighted by atomic mass is 9.57. The number of hydrogen-bond donors (Lipinski definition) is 3. The van der Waals surface area contributed by atoms with Crippen molar-refractivity contribution in [2.75, 3.05) is 20.2 Å². The number of carbonyl (C=O) groups is 6. The molecule has 1 saturated carbocycles. The monoisotopic (exact) mass is 540 g/mol. The lowest BCUT2D eigenvalue weighted by Gasteiger charge is -2.44. The van der Waals surface area contributed by atoms with Crippen molar-refractivity contribution in [3.05, 3.63) is 35.4 Å². The lowest BCUT2D eigenvalue weighted by molar-refractivity contribution is -0.145. The van der Waals surface area contributed by atoms with Crippen LogP contribution in [0.25, 0.3) is 0 Å². The first-order valence-electron chi connectivity index (χ1n) is 12.8. The van der Waals surface area contributed by atoms with E-state index in [1.165, 1.54) is 7.11 Å². The van der Waals surface area contributed by atoms with Crippen LogP contribution in [0.4, 0.5) is 0 Å². The Bertz CT molecular complexity index is 1320. The van der Waals surface area contributed by atoms with E-state index < -0.39 is 83.9 Å². The molecule has 39 heavy (non-hydrogen) atoms. The Hall–Kier alpha value is -4.22. The van der Waals surface area contributed by atoms with Gasteiger partial charge >= 0.3 is 11.9 Å². The van der Waals surface area contributed by atoms with Gasteiger partial charge in [-0.05, 0) is 24.8 Å². The van der Waals surface area contributed by atoms with E-state index in [9.17, 15) is 33.9 Å². The number of hydrogen-bond acceptors (Lipinski definition) is 8. The quantitative estimate of drug-likeness (QED) is 0.318.